The van der Waals surface area contributed by atoms with Gasteiger partial charge in [0, 0.05) is 18.1 Å². The quantitative estimate of drug-likeness (QED) is 0.272. The van der Waals surface area contributed by atoms with Crippen LogP contribution in [0, 0.1) is 18.6 Å². The largest absolute Gasteiger partial charge is 0.490 e. The molecule has 8 nitrogen and oxygen atoms in total. The van der Waals surface area contributed by atoms with Crippen LogP contribution in [-0.4, -0.2) is 72.1 Å². The van der Waals surface area contributed by atoms with Crippen LogP contribution in [0.3, 0.4) is 0 Å². The van der Waals surface area contributed by atoms with E-state index >= 15 is 8.78 Å². The SMILES string of the molecule is COC[C@]1(COc2cc3c(N[C@H](C)c4cccc(C(F)(F)C(C)(C)O)c4F)nc(C)nc3c(F)c2OC)CCCN1C. The number of anilines is 1. The van der Waals surface area contributed by atoms with E-state index in [2.05, 4.69) is 20.2 Å². The molecule has 1 aromatic heterocycles. The average Bonchev–Trinajstić information content (AvgIpc) is 3.27. The third-order valence-corrected chi connectivity index (χ3v) is 7.98. The first-order valence-electron chi connectivity index (χ1n) is 13.7. The topological polar surface area (TPSA) is 89.0 Å². The minimum absolute atomic E-state index is 0.0474. The number of halogens is 4. The van der Waals surface area contributed by atoms with Crippen LogP contribution < -0.4 is 14.8 Å². The molecule has 0 amide bonds. The van der Waals surface area contributed by atoms with Crippen molar-refractivity contribution in [3.05, 3.63) is 52.9 Å². The fourth-order valence-corrected chi connectivity index (χ4v) is 5.40. The van der Waals surface area contributed by atoms with Gasteiger partial charge in [0.15, 0.2) is 17.3 Å². The number of benzene rings is 2. The molecule has 0 radical (unpaired) electrons. The second-order valence-corrected chi connectivity index (χ2v) is 11.4. The van der Waals surface area contributed by atoms with Gasteiger partial charge in [0.25, 0.3) is 0 Å². The zero-order chi connectivity index (χ0) is 31.0. The van der Waals surface area contributed by atoms with E-state index in [9.17, 15) is 13.9 Å². The summed E-state index contributed by atoms with van der Waals surface area (Å²) in [6, 6.07) is 4.26. The van der Waals surface area contributed by atoms with Crippen LogP contribution in [0.2, 0.25) is 0 Å². The maximum Gasteiger partial charge on any atom is 0.303 e. The number of nitrogens with zero attached hydrogens (tertiary/aromatic N) is 3. The number of hydrogen-bond donors (Lipinski definition) is 2. The number of aryl methyl sites for hydroxylation is 1. The molecule has 0 saturated carbocycles. The number of nitrogens with one attached hydrogen (secondary N) is 1. The second-order valence-electron chi connectivity index (χ2n) is 11.4. The van der Waals surface area contributed by atoms with Gasteiger partial charge in [-0.25, -0.2) is 18.7 Å². The van der Waals surface area contributed by atoms with E-state index in [0.717, 1.165) is 39.3 Å². The molecule has 1 fully saturated rings. The van der Waals surface area contributed by atoms with Crippen LogP contribution in [0.15, 0.2) is 24.3 Å². The van der Waals surface area contributed by atoms with E-state index in [4.69, 9.17) is 14.2 Å². The van der Waals surface area contributed by atoms with Crippen molar-refractivity contribution in [2.24, 2.45) is 0 Å². The molecule has 3 aromatic rings. The van der Waals surface area contributed by atoms with Crippen molar-refractivity contribution >= 4 is 16.7 Å². The maximum absolute atomic E-state index is 15.8. The summed E-state index contributed by atoms with van der Waals surface area (Å²) in [5.41, 5.74) is -3.96. The Morgan fingerprint density at radius 2 is 1.86 bits per heavy atom. The highest BCUT2D eigenvalue weighted by atomic mass is 19.3. The summed E-state index contributed by atoms with van der Waals surface area (Å²) >= 11 is 0. The van der Waals surface area contributed by atoms with Crippen LogP contribution in [0.4, 0.5) is 23.4 Å². The molecular formula is C30H38F4N4O4. The number of alkyl halides is 2. The molecule has 42 heavy (non-hydrogen) atoms. The molecule has 0 unspecified atom stereocenters. The number of aliphatic hydroxyl groups is 1. The molecule has 1 saturated heterocycles. The third kappa shape index (κ3) is 5.71. The Hall–Kier alpha value is -3.22. The summed E-state index contributed by atoms with van der Waals surface area (Å²) in [6.07, 6.45) is 1.80. The van der Waals surface area contributed by atoms with Crippen LogP contribution >= 0.6 is 0 Å². The Bertz CT molecular complexity index is 1450. The predicted molar refractivity (Wildman–Crippen MR) is 151 cm³/mol. The predicted octanol–water partition coefficient (Wildman–Crippen LogP) is 5.75. The fourth-order valence-electron chi connectivity index (χ4n) is 5.40. The first-order chi connectivity index (χ1) is 19.7. The lowest BCUT2D eigenvalue weighted by atomic mass is 9.91. The van der Waals surface area contributed by atoms with E-state index in [-0.39, 0.29) is 46.2 Å². The van der Waals surface area contributed by atoms with Crippen LogP contribution in [0.5, 0.6) is 11.5 Å². The molecule has 12 heteroatoms. The van der Waals surface area contributed by atoms with Crippen LogP contribution in [0.25, 0.3) is 10.9 Å². The van der Waals surface area contributed by atoms with E-state index < -0.39 is 40.3 Å². The Balaban J connectivity index is 1.74. The maximum atomic E-state index is 15.8. The van der Waals surface area contributed by atoms with Crippen LogP contribution in [0.1, 0.15) is 56.6 Å². The van der Waals surface area contributed by atoms with E-state index in [1.165, 1.54) is 19.2 Å². The minimum Gasteiger partial charge on any atom is -0.490 e. The number of methoxy groups -OCH3 is 2. The van der Waals surface area contributed by atoms with E-state index in [1.54, 1.807) is 27.0 Å². The third-order valence-electron chi connectivity index (χ3n) is 7.98. The Kier molecular flexibility index (Phi) is 8.92. The molecule has 2 aromatic carbocycles. The van der Waals surface area contributed by atoms with Gasteiger partial charge in [-0.05, 0) is 66.3 Å². The minimum atomic E-state index is -3.86. The molecule has 1 aliphatic rings. The number of aromatic nitrogens is 2. The molecule has 2 N–H and O–H groups in total. The summed E-state index contributed by atoms with van der Waals surface area (Å²) in [6.45, 7) is 6.47. The number of rotatable bonds is 11. The lowest BCUT2D eigenvalue weighted by molar-refractivity contribution is -0.170. The lowest BCUT2D eigenvalue weighted by Crippen LogP contribution is -2.50. The molecule has 230 valence electrons. The van der Waals surface area contributed by atoms with E-state index in [1.807, 2.05) is 7.05 Å². The summed E-state index contributed by atoms with van der Waals surface area (Å²) in [5.74, 6) is -5.41. The first kappa shape index (κ1) is 31.7. The number of likely N-dealkylation sites (tertiary alicyclic amines) is 1. The Labute approximate surface area is 243 Å². The van der Waals surface area contributed by atoms with Gasteiger partial charge in [-0.2, -0.15) is 8.78 Å². The molecule has 0 aliphatic carbocycles. The Morgan fingerprint density at radius 1 is 1.14 bits per heavy atom. The van der Waals surface area contributed by atoms with Gasteiger partial charge in [-0.1, -0.05) is 12.1 Å². The smallest absolute Gasteiger partial charge is 0.303 e. The highest BCUT2D eigenvalue weighted by molar-refractivity contribution is 5.92. The van der Waals surface area contributed by atoms with Gasteiger partial charge in [-0.3, -0.25) is 4.90 Å². The molecule has 1 aliphatic heterocycles. The normalized spacial score (nSPS) is 18.9. The highest BCUT2D eigenvalue weighted by Crippen LogP contribution is 2.42. The summed E-state index contributed by atoms with van der Waals surface area (Å²) in [4.78, 5) is 10.8. The van der Waals surface area contributed by atoms with Gasteiger partial charge in [0.1, 0.15) is 35.2 Å². The lowest BCUT2D eigenvalue weighted by Gasteiger charge is -2.35. The molecule has 4 rings (SSSR count). The standard InChI is InChI=1S/C30H38F4N4O4/c1-17(19-10-8-11-21(23(19)31)30(33,34)28(3,4)39)35-27-20-14-22(26(41-7)24(32)25(20)36-18(2)37-27)42-16-29(15-40-6)12-9-13-38(29)5/h8,10-11,14,17,39H,9,12-13,15-16H2,1-7H3,(H,35,36,37)/t17-,29+/m1/s1. The van der Waals surface area contributed by atoms with Crippen LogP contribution in [-0.2, 0) is 10.7 Å². The van der Waals surface area contributed by atoms with Gasteiger partial charge in [-0.15, -0.1) is 0 Å². The zero-order valence-electron chi connectivity index (χ0n) is 24.9. The highest BCUT2D eigenvalue weighted by Gasteiger charge is 2.49. The van der Waals surface area contributed by atoms with Crippen molar-refractivity contribution in [2.75, 3.05) is 46.3 Å². The summed E-state index contributed by atoms with van der Waals surface area (Å²) < 4.78 is 78.1. The molecular weight excluding hydrogens is 556 g/mol. The Morgan fingerprint density at radius 3 is 2.45 bits per heavy atom. The van der Waals surface area contributed by atoms with E-state index in [0.29, 0.717) is 6.61 Å². The van der Waals surface area contributed by atoms with Crippen molar-refractivity contribution in [2.45, 2.75) is 63.6 Å². The van der Waals surface area contributed by atoms with Crippen molar-refractivity contribution in [1.82, 2.24) is 14.9 Å². The summed E-state index contributed by atoms with van der Waals surface area (Å²) in [7, 11) is 4.94. The number of ether oxygens (including phenoxy) is 3. The molecule has 0 bridgehead atoms. The molecule has 2 heterocycles. The van der Waals surface area contributed by atoms with Gasteiger partial charge in [0.2, 0.25) is 0 Å². The second kappa shape index (κ2) is 11.8. The van der Waals surface area contributed by atoms with Crippen molar-refractivity contribution in [1.29, 1.82) is 0 Å². The first-order valence-corrected chi connectivity index (χ1v) is 13.7. The number of hydrogen-bond acceptors (Lipinski definition) is 8. The summed E-state index contributed by atoms with van der Waals surface area (Å²) in [5, 5.41) is 13.3. The van der Waals surface area contributed by atoms with Crippen molar-refractivity contribution in [3.8, 4) is 11.5 Å². The van der Waals surface area contributed by atoms with Crippen molar-refractivity contribution in [3.63, 3.8) is 0 Å². The van der Waals surface area contributed by atoms with Gasteiger partial charge < -0.3 is 24.6 Å². The fraction of sp³-hybridized carbons (Fsp3) is 0.533. The number of likely N-dealkylation sites (N-methyl/N-ethyl adjacent to an activating group) is 1. The molecule has 2 atom stereocenters. The zero-order valence-corrected chi connectivity index (χ0v) is 24.9. The van der Waals surface area contributed by atoms with Gasteiger partial charge in [0.05, 0.1) is 30.9 Å². The monoisotopic (exact) mass is 594 g/mol. The average molecular weight is 595 g/mol. The van der Waals surface area contributed by atoms with Crippen molar-refractivity contribution < 1.29 is 36.9 Å². The number of fused-ring (bicyclic) bond motifs is 1. The molecule has 0 spiro atoms. The van der Waals surface area contributed by atoms with Gasteiger partial charge >= 0.3 is 5.92 Å².